The second-order valence-corrected chi connectivity index (χ2v) is 8.41. The van der Waals surface area contributed by atoms with E-state index in [1.807, 2.05) is 0 Å². The van der Waals surface area contributed by atoms with Gasteiger partial charge < -0.3 is 11.1 Å². The maximum absolute atomic E-state index is 14.0. The molecule has 0 fully saturated rings. The molecule has 0 aliphatic heterocycles. The van der Waals surface area contributed by atoms with Gasteiger partial charge in [-0.05, 0) is 54.1 Å². The van der Waals surface area contributed by atoms with Crippen molar-refractivity contribution in [2.24, 2.45) is 0 Å². The molecule has 0 bridgehead atoms. The van der Waals surface area contributed by atoms with Crippen LogP contribution in [-0.4, -0.2) is 16.4 Å². The van der Waals surface area contributed by atoms with Gasteiger partial charge in [0, 0.05) is 28.3 Å². The van der Waals surface area contributed by atoms with E-state index in [4.69, 9.17) is 10.5 Å². The minimum Gasteiger partial charge on any atom is -0.397 e. The number of anilines is 2. The number of halogens is 2. The van der Waals surface area contributed by atoms with Gasteiger partial charge in [0.2, 0.25) is 0 Å². The molecule has 0 saturated carbocycles. The van der Waals surface area contributed by atoms with E-state index in [1.165, 1.54) is 48.7 Å². The third kappa shape index (κ3) is 4.17. The van der Waals surface area contributed by atoms with E-state index < -0.39 is 27.3 Å². The number of nitrogen functional groups attached to an aromatic ring is 1. The third-order valence-electron chi connectivity index (χ3n) is 4.11. The van der Waals surface area contributed by atoms with Crippen LogP contribution in [0.15, 0.2) is 65.6 Å². The summed E-state index contributed by atoms with van der Waals surface area (Å²) in [5.74, 6) is -1.88. The number of benzene rings is 3. The highest BCUT2D eigenvalue weighted by Crippen LogP contribution is 2.29. The van der Waals surface area contributed by atoms with Crippen LogP contribution < -0.4 is 11.1 Å². The lowest BCUT2D eigenvalue weighted by Gasteiger charge is -2.12. The first-order chi connectivity index (χ1) is 13.1. The molecule has 0 radical (unpaired) electrons. The Morgan fingerprint density at radius 2 is 1.71 bits per heavy atom. The Kier molecular flexibility index (Phi) is 5.15. The first-order valence-electron chi connectivity index (χ1n) is 8.15. The van der Waals surface area contributed by atoms with Crippen LogP contribution in [0.3, 0.4) is 0 Å². The Hall–Kier alpha value is -3.26. The minimum atomic E-state index is -2.87. The number of hydrogen-bond acceptors (Lipinski definition) is 4. The summed E-state index contributed by atoms with van der Waals surface area (Å²) >= 11 is 0. The molecule has 0 aromatic heterocycles. The molecular formula is C20H17F2N3O2S. The van der Waals surface area contributed by atoms with Crippen LogP contribution in [0.25, 0.3) is 11.1 Å². The summed E-state index contributed by atoms with van der Waals surface area (Å²) in [5, 5.41) is 2.65. The topological polar surface area (TPSA) is 96.0 Å². The summed E-state index contributed by atoms with van der Waals surface area (Å²) in [6.07, 6.45) is 1.29. The number of nitrogens with two attached hydrogens (primary N) is 1. The van der Waals surface area contributed by atoms with Crippen molar-refractivity contribution in [2.75, 3.05) is 17.3 Å². The van der Waals surface area contributed by atoms with Crippen LogP contribution in [-0.2, 0) is 9.73 Å². The Morgan fingerprint density at radius 3 is 2.32 bits per heavy atom. The molecule has 1 unspecified atom stereocenters. The summed E-state index contributed by atoms with van der Waals surface area (Å²) in [7, 11) is -2.87. The van der Waals surface area contributed by atoms with Crippen LogP contribution in [0.2, 0.25) is 0 Å². The molecule has 28 heavy (non-hydrogen) atoms. The van der Waals surface area contributed by atoms with E-state index in [0.717, 1.165) is 12.1 Å². The highest BCUT2D eigenvalue weighted by molar-refractivity contribution is 7.91. The molecule has 0 aliphatic carbocycles. The fourth-order valence-corrected chi connectivity index (χ4v) is 3.27. The Labute approximate surface area is 161 Å². The van der Waals surface area contributed by atoms with Crippen LogP contribution >= 0.6 is 0 Å². The van der Waals surface area contributed by atoms with Crippen molar-refractivity contribution in [2.45, 2.75) is 4.90 Å². The van der Waals surface area contributed by atoms with Gasteiger partial charge >= 0.3 is 0 Å². The van der Waals surface area contributed by atoms with Gasteiger partial charge in [-0.25, -0.2) is 17.8 Å². The summed E-state index contributed by atoms with van der Waals surface area (Å²) in [5.41, 5.74) is 7.34. The maximum atomic E-state index is 14.0. The summed E-state index contributed by atoms with van der Waals surface area (Å²) in [6.45, 7) is 0. The van der Waals surface area contributed by atoms with Gasteiger partial charge in [0.25, 0.3) is 5.91 Å². The van der Waals surface area contributed by atoms with E-state index in [2.05, 4.69) is 5.32 Å². The van der Waals surface area contributed by atoms with E-state index in [-0.39, 0.29) is 22.5 Å². The molecule has 1 amide bonds. The van der Waals surface area contributed by atoms with Crippen LogP contribution in [0.1, 0.15) is 10.4 Å². The van der Waals surface area contributed by atoms with Crippen molar-refractivity contribution in [1.82, 2.24) is 0 Å². The zero-order valence-corrected chi connectivity index (χ0v) is 15.6. The van der Waals surface area contributed by atoms with Gasteiger partial charge in [0.15, 0.2) is 0 Å². The molecule has 3 rings (SSSR count). The number of amides is 1. The smallest absolute Gasteiger partial charge is 0.255 e. The number of carbonyl (C=O) groups is 1. The van der Waals surface area contributed by atoms with Crippen molar-refractivity contribution in [3.8, 4) is 11.1 Å². The zero-order chi connectivity index (χ0) is 20.5. The van der Waals surface area contributed by atoms with Crippen molar-refractivity contribution in [3.63, 3.8) is 0 Å². The molecule has 3 aromatic carbocycles. The molecule has 5 nitrogen and oxygen atoms in total. The van der Waals surface area contributed by atoms with Crippen molar-refractivity contribution in [1.29, 1.82) is 4.78 Å². The first-order valence-corrected chi connectivity index (χ1v) is 10.1. The van der Waals surface area contributed by atoms with E-state index in [0.29, 0.717) is 10.5 Å². The summed E-state index contributed by atoms with van der Waals surface area (Å²) < 4.78 is 46.4. The quantitative estimate of drug-likeness (QED) is 0.562. The molecule has 1 atom stereocenters. The van der Waals surface area contributed by atoms with E-state index in [1.54, 1.807) is 6.07 Å². The predicted molar refractivity (Wildman–Crippen MR) is 106 cm³/mol. The maximum Gasteiger partial charge on any atom is 0.255 e. The molecule has 8 heteroatoms. The zero-order valence-electron chi connectivity index (χ0n) is 14.8. The van der Waals surface area contributed by atoms with E-state index in [9.17, 15) is 17.8 Å². The SMILES string of the molecule is CS(=N)(=O)c1ccc(C(=O)Nc2cc(-c3ccc(F)cc3F)ccc2N)cc1. The minimum absolute atomic E-state index is 0.175. The number of rotatable bonds is 4. The highest BCUT2D eigenvalue weighted by atomic mass is 32.2. The molecule has 0 saturated heterocycles. The second-order valence-electron chi connectivity index (χ2n) is 6.25. The summed E-state index contributed by atoms with van der Waals surface area (Å²) in [4.78, 5) is 12.8. The lowest BCUT2D eigenvalue weighted by atomic mass is 10.0. The fourth-order valence-electron chi connectivity index (χ4n) is 2.62. The second kappa shape index (κ2) is 7.40. The molecule has 0 heterocycles. The van der Waals surface area contributed by atoms with Crippen molar-refractivity contribution >= 4 is 27.0 Å². The van der Waals surface area contributed by atoms with Gasteiger partial charge in [0.05, 0.1) is 21.1 Å². The van der Waals surface area contributed by atoms with Gasteiger partial charge in [-0.1, -0.05) is 6.07 Å². The molecular weight excluding hydrogens is 384 g/mol. The van der Waals surface area contributed by atoms with Gasteiger partial charge in [-0.2, -0.15) is 0 Å². The Bertz CT molecular complexity index is 1160. The average molecular weight is 401 g/mol. The fraction of sp³-hybridized carbons (Fsp3) is 0.0500. The van der Waals surface area contributed by atoms with Gasteiger partial charge in [-0.15, -0.1) is 0 Å². The summed E-state index contributed by atoms with van der Waals surface area (Å²) in [6, 6.07) is 13.7. The van der Waals surface area contributed by atoms with Crippen molar-refractivity contribution < 1.29 is 17.8 Å². The molecule has 4 N–H and O–H groups in total. The van der Waals surface area contributed by atoms with Crippen molar-refractivity contribution in [3.05, 3.63) is 77.9 Å². The molecule has 3 aromatic rings. The molecule has 0 spiro atoms. The van der Waals surface area contributed by atoms with Gasteiger partial charge in [0.1, 0.15) is 11.6 Å². The third-order valence-corrected chi connectivity index (χ3v) is 5.28. The number of hydrogen-bond donors (Lipinski definition) is 3. The largest absolute Gasteiger partial charge is 0.397 e. The Balaban J connectivity index is 1.88. The normalized spacial score (nSPS) is 13.0. The number of carbonyl (C=O) groups excluding carboxylic acids is 1. The lowest BCUT2D eigenvalue weighted by Crippen LogP contribution is -2.13. The highest BCUT2D eigenvalue weighted by Gasteiger charge is 2.13. The number of nitrogens with one attached hydrogen (secondary N) is 2. The molecule has 0 aliphatic rings. The standard InChI is InChI=1S/C20H17F2N3O2S/c1-28(24,27)15-6-2-12(3-7-15)20(26)25-19-10-13(4-9-18(19)23)16-8-5-14(21)11-17(16)22/h2-11,24H,23H2,1H3,(H,25,26). The van der Waals surface area contributed by atoms with E-state index >= 15 is 0 Å². The average Bonchev–Trinajstić information content (AvgIpc) is 2.63. The van der Waals surface area contributed by atoms with Crippen LogP contribution in [0, 0.1) is 16.4 Å². The first kappa shape index (κ1) is 19.5. The molecule has 144 valence electrons. The lowest BCUT2D eigenvalue weighted by molar-refractivity contribution is 0.102. The predicted octanol–water partition coefficient (Wildman–Crippen LogP) is 4.50. The monoisotopic (exact) mass is 401 g/mol. The van der Waals surface area contributed by atoms with Gasteiger partial charge in [-0.3, -0.25) is 4.79 Å². The Morgan fingerprint density at radius 1 is 1.04 bits per heavy atom. The van der Waals surface area contributed by atoms with Crippen LogP contribution in [0.4, 0.5) is 20.2 Å². The van der Waals surface area contributed by atoms with Crippen LogP contribution in [0.5, 0.6) is 0 Å².